The molecule has 7 heteroatoms. The van der Waals surface area contributed by atoms with E-state index in [2.05, 4.69) is 9.97 Å². The van der Waals surface area contributed by atoms with Crippen molar-refractivity contribution in [3.05, 3.63) is 46.2 Å². The van der Waals surface area contributed by atoms with Crippen molar-refractivity contribution in [1.82, 2.24) is 9.97 Å². The van der Waals surface area contributed by atoms with Crippen LogP contribution in [0.15, 0.2) is 30.6 Å². The van der Waals surface area contributed by atoms with Crippen molar-refractivity contribution < 1.29 is 13.2 Å². The average molecular weight is 259 g/mol. The van der Waals surface area contributed by atoms with Crippen LogP contribution in [0, 0.1) is 0 Å². The lowest BCUT2D eigenvalue weighted by Gasteiger charge is -2.07. The zero-order valence-corrected chi connectivity index (χ0v) is 9.29. The summed E-state index contributed by atoms with van der Waals surface area (Å²) in [5.41, 5.74) is 6.33. The van der Waals surface area contributed by atoms with Gasteiger partial charge >= 0.3 is 6.18 Å². The summed E-state index contributed by atoms with van der Waals surface area (Å²) in [4.78, 5) is 7.66. The number of alkyl halides is 3. The molecular formula is C10H8F3N3S. The Balaban J connectivity index is 2.27. The highest BCUT2D eigenvalue weighted by atomic mass is 32.1. The lowest BCUT2D eigenvalue weighted by Crippen LogP contribution is -2.11. The van der Waals surface area contributed by atoms with Crippen LogP contribution in [0.25, 0.3) is 0 Å². The van der Waals surface area contributed by atoms with E-state index in [9.17, 15) is 13.2 Å². The predicted molar refractivity (Wildman–Crippen MR) is 57.4 cm³/mol. The Morgan fingerprint density at radius 1 is 1.24 bits per heavy atom. The molecule has 0 bridgehead atoms. The smallest absolute Gasteiger partial charge is 0.318 e. The molecule has 0 aromatic carbocycles. The molecule has 0 fully saturated rings. The lowest BCUT2D eigenvalue weighted by molar-refractivity contribution is -0.137. The summed E-state index contributed by atoms with van der Waals surface area (Å²) >= 11 is 0.542. The van der Waals surface area contributed by atoms with Crippen LogP contribution in [0.4, 0.5) is 13.2 Å². The SMILES string of the molecule is NC(c1ccccn1)c1cnc(C(F)(F)F)s1. The van der Waals surface area contributed by atoms with Crippen molar-refractivity contribution >= 4 is 11.3 Å². The van der Waals surface area contributed by atoms with E-state index < -0.39 is 17.2 Å². The summed E-state index contributed by atoms with van der Waals surface area (Å²) in [6.07, 6.45) is -1.74. The van der Waals surface area contributed by atoms with Gasteiger partial charge in [-0.05, 0) is 12.1 Å². The third-order valence-electron chi connectivity index (χ3n) is 2.08. The molecule has 17 heavy (non-hydrogen) atoms. The van der Waals surface area contributed by atoms with Gasteiger partial charge in [-0.2, -0.15) is 13.2 Å². The zero-order chi connectivity index (χ0) is 12.5. The van der Waals surface area contributed by atoms with E-state index in [1.165, 1.54) is 0 Å². The summed E-state index contributed by atoms with van der Waals surface area (Å²) < 4.78 is 37.1. The van der Waals surface area contributed by atoms with Gasteiger partial charge in [0.25, 0.3) is 0 Å². The van der Waals surface area contributed by atoms with Gasteiger partial charge in [0.05, 0.1) is 11.7 Å². The van der Waals surface area contributed by atoms with E-state index in [0.29, 0.717) is 21.9 Å². The van der Waals surface area contributed by atoms with Crippen LogP contribution in [-0.4, -0.2) is 9.97 Å². The number of nitrogens with zero attached hydrogens (tertiary/aromatic N) is 2. The van der Waals surface area contributed by atoms with Crippen LogP contribution >= 0.6 is 11.3 Å². The number of halogens is 3. The van der Waals surface area contributed by atoms with Crippen molar-refractivity contribution in [2.24, 2.45) is 5.73 Å². The molecule has 3 nitrogen and oxygen atoms in total. The van der Waals surface area contributed by atoms with E-state index in [4.69, 9.17) is 5.73 Å². The highest BCUT2D eigenvalue weighted by molar-refractivity contribution is 7.11. The molecule has 1 atom stereocenters. The molecule has 2 aromatic rings. The quantitative estimate of drug-likeness (QED) is 0.901. The molecule has 90 valence electrons. The van der Waals surface area contributed by atoms with E-state index in [1.807, 2.05) is 0 Å². The topological polar surface area (TPSA) is 51.8 Å². The molecule has 1 unspecified atom stereocenters. The summed E-state index contributed by atoms with van der Waals surface area (Å²) in [5, 5.41) is -0.890. The number of nitrogens with two attached hydrogens (primary N) is 1. The van der Waals surface area contributed by atoms with Crippen molar-refractivity contribution in [3.8, 4) is 0 Å². The third kappa shape index (κ3) is 2.62. The van der Waals surface area contributed by atoms with Crippen LogP contribution in [0.5, 0.6) is 0 Å². The minimum atomic E-state index is -4.42. The van der Waals surface area contributed by atoms with Gasteiger partial charge < -0.3 is 5.73 Å². The second kappa shape index (κ2) is 4.42. The Labute approximate surface area is 99.1 Å². The normalized spacial score (nSPS) is 13.6. The molecule has 0 amide bonds. The fourth-order valence-corrected chi connectivity index (χ4v) is 2.06. The number of rotatable bonds is 2. The molecule has 2 aromatic heterocycles. The van der Waals surface area contributed by atoms with Gasteiger partial charge in [-0.25, -0.2) is 4.98 Å². The van der Waals surface area contributed by atoms with Gasteiger partial charge in [-0.3, -0.25) is 4.98 Å². The molecule has 0 radical (unpaired) electrons. The Kier molecular flexibility index (Phi) is 3.12. The molecule has 0 aliphatic heterocycles. The summed E-state index contributed by atoms with van der Waals surface area (Å²) in [6.45, 7) is 0. The lowest BCUT2D eigenvalue weighted by atomic mass is 10.2. The molecular weight excluding hydrogens is 251 g/mol. The monoisotopic (exact) mass is 259 g/mol. The van der Waals surface area contributed by atoms with Gasteiger partial charge in [0.1, 0.15) is 0 Å². The number of thiazole rings is 1. The maximum atomic E-state index is 12.4. The Bertz CT molecular complexity index is 495. The highest BCUT2D eigenvalue weighted by Gasteiger charge is 2.35. The number of hydrogen-bond donors (Lipinski definition) is 1. The average Bonchev–Trinajstić information content (AvgIpc) is 2.78. The van der Waals surface area contributed by atoms with Gasteiger partial charge in [0, 0.05) is 17.3 Å². The second-order valence-corrected chi connectivity index (χ2v) is 4.36. The fourth-order valence-electron chi connectivity index (χ4n) is 1.27. The van der Waals surface area contributed by atoms with E-state index in [0.717, 1.165) is 6.20 Å². The van der Waals surface area contributed by atoms with Crippen molar-refractivity contribution in [3.63, 3.8) is 0 Å². The third-order valence-corrected chi connectivity index (χ3v) is 3.20. The Morgan fingerprint density at radius 2 is 2.00 bits per heavy atom. The fraction of sp³-hybridized carbons (Fsp3) is 0.200. The van der Waals surface area contributed by atoms with Gasteiger partial charge in [0.15, 0.2) is 5.01 Å². The first-order valence-corrected chi connectivity index (χ1v) is 5.49. The predicted octanol–water partition coefficient (Wildman–Crippen LogP) is 2.61. The molecule has 0 saturated carbocycles. The molecule has 0 spiro atoms. The maximum Gasteiger partial charge on any atom is 0.443 e. The minimum absolute atomic E-state index is 0.344. The molecule has 2 heterocycles. The minimum Gasteiger partial charge on any atom is -0.318 e. The standard InChI is InChI=1S/C10H8F3N3S/c11-10(12,13)9-16-5-7(17-9)8(14)6-3-1-2-4-15-6/h1-5,8H,14H2. The maximum absolute atomic E-state index is 12.4. The molecule has 0 aliphatic carbocycles. The number of aromatic nitrogens is 2. The molecule has 2 N–H and O–H groups in total. The Morgan fingerprint density at radius 3 is 2.53 bits per heavy atom. The zero-order valence-electron chi connectivity index (χ0n) is 8.48. The van der Waals surface area contributed by atoms with Crippen molar-refractivity contribution in [2.45, 2.75) is 12.2 Å². The molecule has 0 aliphatic rings. The summed E-state index contributed by atoms with van der Waals surface area (Å²) in [6, 6.07) is 4.43. The first kappa shape index (κ1) is 12.0. The van der Waals surface area contributed by atoms with E-state index in [1.54, 1.807) is 24.4 Å². The Hall–Kier alpha value is -1.47. The number of pyridine rings is 1. The van der Waals surface area contributed by atoms with E-state index >= 15 is 0 Å². The van der Waals surface area contributed by atoms with Crippen LogP contribution in [0.2, 0.25) is 0 Å². The van der Waals surface area contributed by atoms with Crippen LogP contribution in [0.1, 0.15) is 21.6 Å². The van der Waals surface area contributed by atoms with Gasteiger partial charge in [-0.15, -0.1) is 11.3 Å². The summed E-state index contributed by atoms with van der Waals surface area (Å²) in [7, 11) is 0. The van der Waals surface area contributed by atoms with Crippen molar-refractivity contribution in [1.29, 1.82) is 0 Å². The van der Waals surface area contributed by atoms with Gasteiger partial charge in [-0.1, -0.05) is 6.07 Å². The van der Waals surface area contributed by atoms with Gasteiger partial charge in [0.2, 0.25) is 0 Å². The second-order valence-electron chi connectivity index (χ2n) is 3.30. The summed E-state index contributed by atoms with van der Waals surface area (Å²) in [5.74, 6) is 0. The first-order chi connectivity index (χ1) is 7.98. The molecule has 0 saturated heterocycles. The largest absolute Gasteiger partial charge is 0.443 e. The van der Waals surface area contributed by atoms with Crippen LogP contribution in [0.3, 0.4) is 0 Å². The molecule has 2 rings (SSSR count). The van der Waals surface area contributed by atoms with Crippen LogP contribution < -0.4 is 5.73 Å². The number of hydrogen-bond acceptors (Lipinski definition) is 4. The van der Waals surface area contributed by atoms with E-state index in [-0.39, 0.29) is 0 Å². The van der Waals surface area contributed by atoms with Crippen molar-refractivity contribution in [2.75, 3.05) is 0 Å². The first-order valence-electron chi connectivity index (χ1n) is 4.68. The highest BCUT2D eigenvalue weighted by Crippen LogP contribution is 2.34. The van der Waals surface area contributed by atoms with Crippen LogP contribution in [-0.2, 0) is 6.18 Å².